The monoisotopic (exact) mass is 234 g/mol. The third-order valence-electron chi connectivity index (χ3n) is 2.26. The summed E-state index contributed by atoms with van der Waals surface area (Å²) in [6.07, 6.45) is 5.95. The lowest BCUT2D eigenvalue weighted by Crippen LogP contribution is -2.05. The fraction of sp³-hybridized carbons (Fsp3) is 0.364. The molecule has 0 aliphatic carbocycles. The van der Waals surface area contributed by atoms with Crippen molar-refractivity contribution in [3.05, 3.63) is 29.2 Å². The topological polar surface area (TPSA) is 64.7 Å². The highest BCUT2D eigenvalue weighted by atomic mass is 32.1. The molecule has 2 rings (SSSR count). The molecule has 2 aromatic heterocycles. The first kappa shape index (κ1) is 11.2. The Morgan fingerprint density at radius 1 is 1.44 bits per heavy atom. The Balaban J connectivity index is 2.44. The van der Waals surface area contributed by atoms with E-state index < -0.39 is 0 Å². The minimum absolute atomic E-state index is 0.0258. The van der Waals surface area contributed by atoms with Gasteiger partial charge in [-0.3, -0.25) is 9.97 Å². The minimum atomic E-state index is 0.0258. The van der Waals surface area contributed by atoms with Gasteiger partial charge in [-0.2, -0.15) is 0 Å². The summed E-state index contributed by atoms with van der Waals surface area (Å²) in [7, 11) is 0. The molecule has 0 aromatic carbocycles. The first-order valence-corrected chi connectivity index (χ1v) is 6.05. The molecule has 0 aliphatic heterocycles. The number of rotatable bonds is 3. The summed E-state index contributed by atoms with van der Waals surface area (Å²) in [5.41, 5.74) is 7.80. The second kappa shape index (κ2) is 4.67. The van der Waals surface area contributed by atoms with E-state index in [1.807, 2.05) is 6.92 Å². The molecule has 2 aromatic rings. The number of thiazole rings is 1. The molecule has 1 atom stereocenters. The molecule has 1 unspecified atom stereocenters. The van der Waals surface area contributed by atoms with Crippen molar-refractivity contribution in [2.45, 2.75) is 26.3 Å². The predicted octanol–water partition coefficient (Wildman–Crippen LogP) is 2.18. The molecular formula is C11H14N4S. The molecule has 0 amide bonds. The van der Waals surface area contributed by atoms with Crippen molar-refractivity contribution in [3.63, 3.8) is 0 Å². The Bertz CT molecular complexity index is 464. The lowest BCUT2D eigenvalue weighted by atomic mass is 10.2. The zero-order valence-electron chi connectivity index (χ0n) is 9.34. The molecule has 0 aliphatic rings. The van der Waals surface area contributed by atoms with E-state index in [-0.39, 0.29) is 6.04 Å². The second-order valence-electron chi connectivity index (χ2n) is 3.56. The van der Waals surface area contributed by atoms with Crippen molar-refractivity contribution in [1.29, 1.82) is 0 Å². The summed E-state index contributed by atoms with van der Waals surface area (Å²) in [5, 5.41) is 0.900. The van der Waals surface area contributed by atoms with Crippen LogP contribution in [0, 0.1) is 0 Å². The van der Waals surface area contributed by atoms with Gasteiger partial charge in [0.25, 0.3) is 0 Å². The second-order valence-corrected chi connectivity index (χ2v) is 4.59. The van der Waals surface area contributed by atoms with Crippen LogP contribution < -0.4 is 5.73 Å². The van der Waals surface area contributed by atoms with E-state index in [0.29, 0.717) is 0 Å². The molecule has 0 saturated carbocycles. The summed E-state index contributed by atoms with van der Waals surface area (Å²) in [4.78, 5) is 14.0. The van der Waals surface area contributed by atoms with Gasteiger partial charge in [0.2, 0.25) is 0 Å². The molecule has 84 valence electrons. The van der Waals surface area contributed by atoms with Crippen molar-refractivity contribution in [1.82, 2.24) is 15.0 Å². The average Bonchev–Trinajstić information content (AvgIpc) is 2.74. The van der Waals surface area contributed by atoms with Gasteiger partial charge in [-0.1, -0.05) is 6.92 Å². The third kappa shape index (κ3) is 2.10. The van der Waals surface area contributed by atoms with Crippen LogP contribution in [0.25, 0.3) is 10.7 Å². The highest BCUT2D eigenvalue weighted by Gasteiger charge is 2.14. The van der Waals surface area contributed by atoms with Gasteiger partial charge in [0.15, 0.2) is 0 Å². The summed E-state index contributed by atoms with van der Waals surface area (Å²) < 4.78 is 0. The van der Waals surface area contributed by atoms with Gasteiger partial charge < -0.3 is 5.73 Å². The largest absolute Gasteiger partial charge is 0.323 e. The van der Waals surface area contributed by atoms with E-state index in [4.69, 9.17) is 5.73 Å². The van der Waals surface area contributed by atoms with E-state index >= 15 is 0 Å². The smallest absolute Gasteiger partial charge is 0.144 e. The van der Waals surface area contributed by atoms with Crippen molar-refractivity contribution in [2.75, 3.05) is 0 Å². The van der Waals surface area contributed by atoms with Gasteiger partial charge in [-0.15, -0.1) is 11.3 Å². The van der Waals surface area contributed by atoms with Crippen molar-refractivity contribution in [2.24, 2.45) is 5.73 Å². The fourth-order valence-electron chi connectivity index (χ4n) is 1.49. The first-order chi connectivity index (χ1) is 7.72. The lowest BCUT2D eigenvalue weighted by molar-refractivity contribution is 0.814. The number of nitrogens with two attached hydrogens (primary N) is 1. The molecule has 2 heterocycles. The predicted molar refractivity (Wildman–Crippen MR) is 65.1 cm³/mol. The van der Waals surface area contributed by atoms with Crippen LogP contribution in [0.2, 0.25) is 0 Å². The Kier molecular flexibility index (Phi) is 3.26. The van der Waals surface area contributed by atoms with Crippen molar-refractivity contribution >= 4 is 11.3 Å². The fourth-order valence-corrected chi connectivity index (χ4v) is 2.56. The summed E-state index contributed by atoms with van der Waals surface area (Å²) in [5.74, 6) is 0. The summed E-state index contributed by atoms with van der Waals surface area (Å²) in [6, 6.07) is 0.0258. The van der Waals surface area contributed by atoms with Crippen LogP contribution in [0.3, 0.4) is 0 Å². The Labute approximate surface area is 98.6 Å². The Morgan fingerprint density at radius 3 is 2.75 bits per heavy atom. The van der Waals surface area contributed by atoms with Crippen LogP contribution >= 0.6 is 11.3 Å². The zero-order valence-corrected chi connectivity index (χ0v) is 10.2. The minimum Gasteiger partial charge on any atom is -0.323 e. The van der Waals surface area contributed by atoms with E-state index in [0.717, 1.165) is 27.7 Å². The van der Waals surface area contributed by atoms with Gasteiger partial charge in [-0.05, 0) is 13.3 Å². The van der Waals surface area contributed by atoms with Gasteiger partial charge in [0.05, 0.1) is 11.9 Å². The molecule has 0 saturated heterocycles. The van der Waals surface area contributed by atoms with Crippen molar-refractivity contribution in [3.8, 4) is 10.7 Å². The van der Waals surface area contributed by atoms with Gasteiger partial charge in [0.1, 0.15) is 10.7 Å². The maximum atomic E-state index is 5.92. The normalized spacial score (nSPS) is 12.7. The first-order valence-electron chi connectivity index (χ1n) is 5.24. The molecule has 0 bridgehead atoms. The molecule has 4 nitrogen and oxygen atoms in total. The van der Waals surface area contributed by atoms with Crippen LogP contribution in [0.5, 0.6) is 0 Å². The summed E-state index contributed by atoms with van der Waals surface area (Å²) >= 11 is 1.61. The Hall–Kier alpha value is -1.33. The van der Waals surface area contributed by atoms with Crippen LogP contribution in [0.4, 0.5) is 0 Å². The quantitative estimate of drug-likeness (QED) is 0.884. The number of aromatic nitrogens is 3. The number of hydrogen-bond donors (Lipinski definition) is 1. The standard InChI is InChI=1S/C11H14N4S/c1-3-8-10(7(2)12)16-11(15-8)9-6-13-4-5-14-9/h4-7H,3,12H2,1-2H3. The summed E-state index contributed by atoms with van der Waals surface area (Å²) in [6.45, 7) is 4.06. The average molecular weight is 234 g/mol. The highest BCUT2D eigenvalue weighted by Crippen LogP contribution is 2.29. The molecule has 0 fully saturated rings. The molecule has 16 heavy (non-hydrogen) atoms. The van der Waals surface area contributed by atoms with Gasteiger partial charge >= 0.3 is 0 Å². The van der Waals surface area contributed by atoms with E-state index in [9.17, 15) is 0 Å². The lowest BCUT2D eigenvalue weighted by Gasteiger charge is -2.01. The highest BCUT2D eigenvalue weighted by molar-refractivity contribution is 7.15. The van der Waals surface area contributed by atoms with E-state index in [2.05, 4.69) is 21.9 Å². The van der Waals surface area contributed by atoms with Crippen LogP contribution in [-0.4, -0.2) is 15.0 Å². The number of hydrogen-bond acceptors (Lipinski definition) is 5. The Morgan fingerprint density at radius 2 is 2.25 bits per heavy atom. The van der Waals surface area contributed by atoms with E-state index in [1.165, 1.54) is 0 Å². The van der Waals surface area contributed by atoms with Gasteiger partial charge in [0, 0.05) is 23.3 Å². The number of aryl methyl sites for hydroxylation is 1. The molecular weight excluding hydrogens is 220 g/mol. The molecule has 2 N–H and O–H groups in total. The third-order valence-corrected chi connectivity index (χ3v) is 3.58. The van der Waals surface area contributed by atoms with Crippen molar-refractivity contribution < 1.29 is 0 Å². The molecule has 5 heteroatoms. The molecule has 0 radical (unpaired) electrons. The number of nitrogens with zero attached hydrogens (tertiary/aromatic N) is 3. The van der Waals surface area contributed by atoms with Crippen LogP contribution in [-0.2, 0) is 6.42 Å². The molecule has 0 spiro atoms. The SMILES string of the molecule is CCc1nc(-c2cnccn2)sc1C(C)N. The maximum absolute atomic E-state index is 5.92. The van der Waals surface area contributed by atoms with Crippen LogP contribution in [0.1, 0.15) is 30.5 Å². The zero-order chi connectivity index (χ0) is 11.5. The maximum Gasteiger partial charge on any atom is 0.144 e. The van der Waals surface area contributed by atoms with Crippen LogP contribution in [0.15, 0.2) is 18.6 Å². The van der Waals surface area contributed by atoms with Gasteiger partial charge in [-0.25, -0.2) is 4.98 Å². The van der Waals surface area contributed by atoms with E-state index in [1.54, 1.807) is 29.9 Å².